The van der Waals surface area contributed by atoms with Crippen molar-refractivity contribution in [3.8, 4) is 0 Å². The van der Waals surface area contributed by atoms with E-state index in [0.717, 1.165) is 0 Å². The number of hydrogen-bond donors (Lipinski definition) is 2. The highest BCUT2D eigenvalue weighted by atomic mass is 16.5. The van der Waals surface area contributed by atoms with Gasteiger partial charge in [0.05, 0.1) is 13.2 Å². The number of benzene rings is 2. The van der Waals surface area contributed by atoms with Gasteiger partial charge in [0.2, 0.25) is 11.8 Å². The minimum Gasteiger partial charge on any atom is -0.462 e. The van der Waals surface area contributed by atoms with E-state index in [1.807, 2.05) is 0 Å². The Morgan fingerprint density at radius 1 is 0.938 bits per heavy atom. The number of fused-ring (bicyclic) bond motifs is 2. The summed E-state index contributed by atoms with van der Waals surface area (Å²) < 4.78 is 16.4. The normalized spacial score (nSPS) is 19.4. The molecule has 32 heavy (non-hydrogen) atoms. The Labute approximate surface area is 184 Å². The molecule has 0 fully saturated rings. The molecular formula is C24H22N2O6. The van der Waals surface area contributed by atoms with Crippen molar-refractivity contribution in [2.24, 2.45) is 5.73 Å². The second kappa shape index (κ2) is 8.22. The molecule has 0 radical (unpaired) electrons. The van der Waals surface area contributed by atoms with Gasteiger partial charge in [0.1, 0.15) is 22.3 Å². The molecule has 0 saturated heterocycles. The lowest BCUT2D eigenvalue weighted by Gasteiger charge is -2.36. The Hall–Kier alpha value is -4.07. The molecule has 0 saturated carbocycles. The quantitative estimate of drug-likeness (QED) is 0.695. The van der Waals surface area contributed by atoms with Crippen LogP contribution in [0.3, 0.4) is 0 Å². The fourth-order valence-corrected chi connectivity index (χ4v) is 4.14. The van der Waals surface area contributed by atoms with E-state index < -0.39 is 23.3 Å². The lowest BCUT2D eigenvalue weighted by molar-refractivity contribution is -0.142. The van der Waals surface area contributed by atoms with Crippen molar-refractivity contribution in [1.29, 1.82) is 0 Å². The molecule has 2 aliphatic heterocycles. The average Bonchev–Trinajstić information content (AvgIpc) is 3.06. The minimum atomic E-state index is -1.90. The molecule has 1 spiro atoms. The summed E-state index contributed by atoms with van der Waals surface area (Å²) >= 11 is 0. The SMILES string of the molecule is CCOC(=O)C1=C(N)OC(c2ccccc2)=C(C(=O)OCC)[C@@]12C(=O)Nc1ccccc12. The van der Waals surface area contributed by atoms with Crippen molar-refractivity contribution in [2.75, 3.05) is 18.5 Å². The second-order valence-electron chi connectivity index (χ2n) is 7.10. The van der Waals surface area contributed by atoms with Crippen LogP contribution in [0, 0.1) is 0 Å². The predicted molar refractivity (Wildman–Crippen MR) is 116 cm³/mol. The highest BCUT2D eigenvalue weighted by Gasteiger charge is 2.62. The third kappa shape index (κ3) is 3.03. The number of anilines is 1. The molecule has 0 bridgehead atoms. The number of carbonyl (C=O) groups is 3. The van der Waals surface area contributed by atoms with E-state index in [1.54, 1.807) is 68.4 Å². The van der Waals surface area contributed by atoms with Gasteiger partial charge >= 0.3 is 11.9 Å². The zero-order valence-corrected chi connectivity index (χ0v) is 17.6. The fraction of sp³-hybridized carbons (Fsp3) is 0.208. The number of ether oxygens (including phenoxy) is 3. The first-order valence-electron chi connectivity index (χ1n) is 10.2. The van der Waals surface area contributed by atoms with Gasteiger partial charge in [0.15, 0.2) is 0 Å². The zero-order chi connectivity index (χ0) is 22.9. The standard InChI is InChI=1S/C24H22N2O6/c1-3-30-21(27)17-19(14-10-6-5-7-11-14)32-20(25)18(22(28)31-4-2)24(17)15-12-8-9-13-16(15)26-23(24)29/h5-13H,3-4,25H2,1-2H3,(H,26,29)/t24-/m1/s1. The Balaban J connectivity index is 2.12. The molecule has 2 heterocycles. The highest BCUT2D eigenvalue weighted by Crippen LogP contribution is 2.53. The van der Waals surface area contributed by atoms with E-state index in [2.05, 4.69) is 5.32 Å². The van der Waals surface area contributed by atoms with Crippen molar-refractivity contribution < 1.29 is 28.6 Å². The van der Waals surface area contributed by atoms with E-state index in [-0.39, 0.29) is 36.0 Å². The number of rotatable bonds is 5. The molecule has 0 aliphatic carbocycles. The van der Waals surface area contributed by atoms with Crippen molar-refractivity contribution >= 4 is 29.3 Å². The fourth-order valence-electron chi connectivity index (χ4n) is 4.14. The van der Waals surface area contributed by atoms with Gasteiger partial charge in [-0.3, -0.25) is 4.79 Å². The van der Waals surface area contributed by atoms with Gasteiger partial charge in [-0.25, -0.2) is 9.59 Å². The molecule has 0 aromatic heterocycles. The second-order valence-corrected chi connectivity index (χ2v) is 7.10. The topological polar surface area (TPSA) is 117 Å². The van der Waals surface area contributed by atoms with E-state index in [1.165, 1.54) is 0 Å². The summed E-state index contributed by atoms with van der Waals surface area (Å²) in [6.07, 6.45) is 0. The zero-order valence-electron chi connectivity index (χ0n) is 17.6. The van der Waals surface area contributed by atoms with Gasteiger partial charge in [-0.15, -0.1) is 0 Å². The molecule has 8 heteroatoms. The summed E-state index contributed by atoms with van der Waals surface area (Å²) in [5, 5.41) is 2.77. The first kappa shape index (κ1) is 21.2. The number of hydrogen-bond acceptors (Lipinski definition) is 7. The Kier molecular flexibility index (Phi) is 5.44. The van der Waals surface area contributed by atoms with Gasteiger partial charge in [-0.05, 0) is 19.9 Å². The summed E-state index contributed by atoms with van der Waals surface area (Å²) in [6.45, 7) is 3.37. The van der Waals surface area contributed by atoms with Gasteiger partial charge < -0.3 is 25.3 Å². The Bertz CT molecular complexity index is 1170. The summed E-state index contributed by atoms with van der Waals surface area (Å²) in [7, 11) is 0. The van der Waals surface area contributed by atoms with Crippen molar-refractivity contribution in [2.45, 2.75) is 19.3 Å². The molecule has 1 atom stereocenters. The van der Waals surface area contributed by atoms with Gasteiger partial charge in [-0.1, -0.05) is 48.5 Å². The Morgan fingerprint density at radius 3 is 2.19 bits per heavy atom. The number of nitrogens with one attached hydrogen (secondary N) is 1. The summed E-state index contributed by atoms with van der Waals surface area (Å²) in [4.78, 5) is 40.1. The van der Waals surface area contributed by atoms with Crippen LogP contribution in [0.4, 0.5) is 5.69 Å². The van der Waals surface area contributed by atoms with Crippen LogP contribution in [0.5, 0.6) is 0 Å². The largest absolute Gasteiger partial charge is 0.462 e. The van der Waals surface area contributed by atoms with Crippen molar-refractivity contribution in [1.82, 2.24) is 0 Å². The molecule has 1 amide bonds. The van der Waals surface area contributed by atoms with Crippen LogP contribution in [0.2, 0.25) is 0 Å². The van der Waals surface area contributed by atoms with Crippen LogP contribution in [-0.2, 0) is 34.0 Å². The molecule has 164 valence electrons. The lowest BCUT2D eigenvalue weighted by Crippen LogP contribution is -2.48. The van der Waals surface area contributed by atoms with Crippen molar-refractivity contribution in [3.63, 3.8) is 0 Å². The predicted octanol–water partition coefficient (Wildman–Crippen LogP) is 2.61. The van der Waals surface area contributed by atoms with Crippen molar-refractivity contribution in [3.05, 3.63) is 82.8 Å². The number of para-hydroxylation sites is 1. The lowest BCUT2D eigenvalue weighted by atomic mass is 9.67. The van der Waals surface area contributed by atoms with Gasteiger partial charge in [-0.2, -0.15) is 0 Å². The molecule has 0 unspecified atom stereocenters. The summed E-state index contributed by atoms with van der Waals surface area (Å²) in [5.41, 5.74) is 5.28. The summed E-state index contributed by atoms with van der Waals surface area (Å²) in [5.74, 6) is -2.55. The Morgan fingerprint density at radius 2 is 1.53 bits per heavy atom. The minimum absolute atomic E-state index is 0.0406. The number of nitrogens with two attached hydrogens (primary N) is 1. The van der Waals surface area contributed by atoms with Crippen LogP contribution >= 0.6 is 0 Å². The third-order valence-electron chi connectivity index (χ3n) is 5.35. The highest BCUT2D eigenvalue weighted by molar-refractivity contribution is 6.23. The van der Waals surface area contributed by atoms with Crippen LogP contribution < -0.4 is 11.1 Å². The molecule has 2 aliphatic rings. The van der Waals surface area contributed by atoms with Crippen LogP contribution in [0.25, 0.3) is 5.76 Å². The van der Waals surface area contributed by atoms with Crippen LogP contribution in [-0.4, -0.2) is 31.1 Å². The van der Waals surface area contributed by atoms with Crippen LogP contribution in [0.1, 0.15) is 25.0 Å². The van der Waals surface area contributed by atoms with E-state index in [0.29, 0.717) is 16.8 Å². The first-order chi connectivity index (χ1) is 15.5. The molecule has 4 rings (SSSR count). The first-order valence-corrected chi connectivity index (χ1v) is 10.2. The van der Waals surface area contributed by atoms with E-state index in [4.69, 9.17) is 19.9 Å². The average molecular weight is 434 g/mol. The molecule has 2 aromatic rings. The molecular weight excluding hydrogens is 412 g/mol. The maximum atomic E-state index is 13.7. The van der Waals surface area contributed by atoms with E-state index >= 15 is 0 Å². The maximum absolute atomic E-state index is 13.7. The number of amides is 1. The number of carbonyl (C=O) groups excluding carboxylic acids is 3. The molecule has 8 nitrogen and oxygen atoms in total. The van der Waals surface area contributed by atoms with Gasteiger partial charge in [0, 0.05) is 16.8 Å². The van der Waals surface area contributed by atoms with Crippen LogP contribution in [0.15, 0.2) is 71.6 Å². The molecule has 2 aromatic carbocycles. The monoisotopic (exact) mass is 434 g/mol. The molecule has 3 N–H and O–H groups in total. The van der Waals surface area contributed by atoms with E-state index in [9.17, 15) is 14.4 Å². The summed E-state index contributed by atoms with van der Waals surface area (Å²) in [6, 6.07) is 15.5. The van der Waals surface area contributed by atoms with Gasteiger partial charge in [0.25, 0.3) is 0 Å². The number of esters is 2. The third-order valence-corrected chi connectivity index (χ3v) is 5.35. The maximum Gasteiger partial charge on any atom is 0.341 e. The smallest absolute Gasteiger partial charge is 0.341 e.